The Balaban J connectivity index is 0.00000243. The molecule has 2 N–H and O–H groups in total. The first-order valence-corrected chi connectivity index (χ1v) is 9.59. The number of nitrogens with one attached hydrogen (secondary N) is 2. The summed E-state index contributed by atoms with van der Waals surface area (Å²) in [4.78, 5) is 14.4. The van der Waals surface area contributed by atoms with Gasteiger partial charge < -0.3 is 14.6 Å². The number of amides is 1. The summed E-state index contributed by atoms with van der Waals surface area (Å²) < 4.78 is 32.2. The van der Waals surface area contributed by atoms with E-state index in [-0.39, 0.29) is 35.8 Å². The summed E-state index contributed by atoms with van der Waals surface area (Å²) in [5.74, 6) is 0.448. The van der Waals surface area contributed by atoms with Crippen molar-refractivity contribution in [2.45, 2.75) is 24.4 Å². The van der Waals surface area contributed by atoms with Crippen molar-refractivity contribution in [1.82, 2.24) is 14.9 Å². The smallest absolute Gasteiger partial charge is 0.253 e. The molecule has 0 unspecified atom stereocenters. The van der Waals surface area contributed by atoms with Gasteiger partial charge in [-0.3, -0.25) is 4.79 Å². The van der Waals surface area contributed by atoms with E-state index in [9.17, 15) is 13.2 Å². The Morgan fingerprint density at radius 1 is 1.31 bits per heavy atom. The van der Waals surface area contributed by atoms with E-state index in [1.54, 1.807) is 29.2 Å². The van der Waals surface area contributed by atoms with E-state index in [0.717, 1.165) is 6.54 Å². The molecule has 1 atom stereocenters. The first-order chi connectivity index (χ1) is 12.0. The van der Waals surface area contributed by atoms with Gasteiger partial charge in [0.15, 0.2) is 0 Å². The highest BCUT2D eigenvalue weighted by Gasteiger charge is 2.22. The molecule has 0 aliphatic carbocycles. The predicted octanol–water partition coefficient (Wildman–Crippen LogP) is 1.61. The van der Waals surface area contributed by atoms with Crippen LogP contribution >= 0.6 is 12.4 Å². The zero-order valence-electron chi connectivity index (χ0n) is 14.3. The van der Waals surface area contributed by atoms with Crippen molar-refractivity contribution in [2.24, 2.45) is 0 Å². The molecule has 3 rings (SSSR count). The second-order valence-corrected chi connectivity index (χ2v) is 7.80. The van der Waals surface area contributed by atoms with Crippen molar-refractivity contribution >= 4 is 28.3 Å². The molecule has 9 heteroatoms. The molecular weight excluding hydrogens is 378 g/mol. The van der Waals surface area contributed by atoms with Crippen molar-refractivity contribution in [3.63, 3.8) is 0 Å². The van der Waals surface area contributed by atoms with E-state index in [0.29, 0.717) is 24.4 Å². The number of carbonyl (C=O) groups is 1. The average Bonchev–Trinajstić information content (AvgIpc) is 3.13. The highest BCUT2D eigenvalue weighted by molar-refractivity contribution is 7.89. The maximum Gasteiger partial charge on any atom is 0.253 e. The number of nitrogens with zero attached hydrogens (tertiary/aromatic N) is 1. The van der Waals surface area contributed by atoms with Gasteiger partial charge >= 0.3 is 0 Å². The lowest BCUT2D eigenvalue weighted by atomic mass is 10.1. The second-order valence-electron chi connectivity index (χ2n) is 6.03. The minimum atomic E-state index is -3.66. The maximum absolute atomic E-state index is 12.5. The van der Waals surface area contributed by atoms with Gasteiger partial charge in [0, 0.05) is 31.2 Å². The lowest BCUT2D eigenvalue weighted by Gasteiger charge is -2.32. The van der Waals surface area contributed by atoms with Crippen molar-refractivity contribution in [1.29, 1.82) is 0 Å². The molecule has 0 spiro atoms. The van der Waals surface area contributed by atoms with Gasteiger partial charge in [0.2, 0.25) is 10.0 Å². The van der Waals surface area contributed by atoms with Crippen molar-refractivity contribution in [3.8, 4) is 0 Å². The van der Waals surface area contributed by atoms with Crippen molar-refractivity contribution in [3.05, 3.63) is 54.0 Å². The second kappa shape index (κ2) is 8.68. The van der Waals surface area contributed by atoms with Crippen LogP contribution in [-0.4, -0.2) is 44.9 Å². The Hall–Kier alpha value is -1.87. The minimum absolute atomic E-state index is 0. The summed E-state index contributed by atoms with van der Waals surface area (Å²) in [6.07, 6.45) is 1.49. The fourth-order valence-electron chi connectivity index (χ4n) is 2.74. The molecule has 1 aromatic carbocycles. The van der Waals surface area contributed by atoms with Gasteiger partial charge in [-0.2, -0.15) is 0 Å². The number of hydrogen-bond acceptors (Lipinski definition) is 5. The Bertz CT molecular complexity index is 822. The first kappa shape index (κ1) is 20.4. The maximum atomic E-state index is 12.5. The number of rotatable bonds is 5. The van der Waals surface area contributed by atoms with Crippen LogP contribution in [0.3, 0.4) is 0 Å². The molecule has 0 radical (unpaired) electrons. The Morgan fingerprint density at radius 2 is 2.04 bits per heavy atom. The van der Waals surface area contributed by atoms with E-state index in [1.807, 2.05) is 6.92 Å². The molecule has 1 saturated heterocycles. The largest absolute Gasteiger partial charge is 0.468 e. The van der Waals surface area contributed by atoms with E-state index >= 15 is 0 Å². The van der Waals surface area contributed by atoms with Crippen LogP contribution in [0.2, 0.25) is 0 Å². The normalized spacial score (nSPS) is 17.6. The van der Waals surface area contributed by atoms with E-state index in [4.69, 9.17) is 4.42 Å². The van der Waals surface area contributed by atoms with Crippen LogP contribution in [0.1, 0.15) is 23.0 Å². The van der Waals surface area contributed by atoms with Gasteiger partial charge in [-0.1, -0.05) is 0 Å². The molecule has 0 saturated carbocycles. The molecule has 7 nitrogen and oxygen atoms in total. The van der Waals surface area contributed by atoms with Gasteiger partial charge in [-0.15, -0.1) is 12.4 Å². The molecular formula is C17H22ClN3O4S. The number of benzene rings is 1. The van der Waals surface area contributed by atoms with Crippen LogP contribution in [-0.2, 0) is 16.6 Å². The van der Waals surface area contributed by atoms with Crippen LogP contribution in [0.4, 0.5) is 0 Å². The lowest BCUT2D eigenvalue weighted by molar-refractivity contribution is 0.0709. The van der Waals surface area contributed by atoms with Crippen LogP contribution in [0.25, 0.3) is 0 Å². The van der Waals surface area contributed by atoms with Gasteiger partial charge in [0.25, 0.3) is 5.91 Å². The molecule has 2 heterocycles. The molecule has 1 amide bonds. The number of hydrogen-bond donors (Lipinski definition) is 2. The van der Waals surface area contributed by atoms with E-state index in [1.165, 1.54) is 18.4 Å². The number of carbonyl (C=O) groups excluding carboxylic acids is 1. The van der Waals surface area contributed by atoms with E-state index < -0.39 is 10.0 Å². The van der Waals surface area contributed by atoms with Crippen LogP contribution in [0.5, 0.6) is 0 Å². The van der Waals surface area contributed by atoms with Crippen LogP contribution in [0.15, 0.2) is 52.0 Å². The fraction of sp³-hybridized carbons (Fsp3) is 0.353. The highest BCUT2D eigenvalue weighted by atomic mass is 35.5. The van der Waals surface area contributed by atoms with E-state index in [2.05, 4.69) is 10.0 Å². The number of furan rings is 1. The SMILES string of the molecule is C[C@@H]1CN(C(=O)c2ccc(S(=O)(=O)NCc3ccco3)cc2)CCN1.Cl. The summed E-state index contributed by atoms with van der Waals surface area (Å²) in [7, 11) is -3.66. The van der Waals surface area contributed by atoms with Gasteiger partial charge in [-0.25, -0.2) is 13.1 Å². The Labute approximate surface area is 159 Å². The van der Waals surface area contributed by atoms with Gasteiger partial charge in [-0.05, 0) is 43.3 Å². The summed E-state index contributed by atoms with van der Waals surface area (Å²) in [5.41, 5.74) is 0.485. The van der Waals surface area contributed by atoms with Crippen LogP contribution in [0, 0.1) is 0 Å². The monoisotopic (exact) mass is 399 g/mol. The van der Waals surface area contributed by atoms with Gasteiger partial charge in [0.1, 0.15) is 5.76 Å². The summed E-state index contributed by atoms with van der Waals surface area (Å²) in [5, 5.41) is 3.28. The standard InChI is InChI=1S/C17H21N3O4S.ClH/c1-13-12-20(9-8-18-13)17(21)14-4-6-16(7-5-14)25(22,23)19-11-15-3-2-10-24-15;/h2-7,10,13,18-19H,8-9,11-12H2,1H3;1H/t13-;/m1./s1. The zero-order chi connectivity index (χ0) is 17.9. The molecule has 0 bridgehead atoms. The van der Waals surface area contributed by atoms with Crippen molar-refractivity contribution in [2.75, 3.05) is 19.6 Å². The Kier molecular flexibility index (Phi) is 6.82. The number of sulfonamides is 1. The molecule has 1 aliphatic rings. The molecule has 1 aromatic heterocycles. The fourth-order valence-corrected chi connectivity index (χ4v) is 3.73. The highest BCUT2D eigenvalue weighted by Crippen LogP contribution is 2.14. The zero-order valence-corrected chi connectivity index (χ0v) is 16.0. The molecule has 2 aromatic rings. The number of halogens is 1. The van der Waals surface area contributed by atoms with Crippen molar-refractivity contribution < 1.29 is 17.6 Å². The molecule has 1 fully saturated rings. The van der Waals surface area contributed by atoms with Crippen LogP contribution < -0.4 is 10.0 Å². The quantitative estimate of drug-likeness (QED) is 0.797. The van der Waals surface area contributed by atoms with Gasteiger partial charge in [0.05, 0.1) is 17.7 Å². The summed E-state index contributed by atoms with van der Waals surface area (Å²) in [6.45, 7) is 4.15. The molecule has 142 valence electrons. The average molecular weight is 400 g/mol. The lowest BCUT2D eigenvalue weighted by Crippen LogP contribution is -2.51. The minimum Gasteiger partial charge on any atom is -0.468 e. The third kappa shape index (κ3) is 4.85. The molecule has 1 aliphatic heterocycles. The third-order valence-electron chi connectivity index (χ3n) is 4.08. The first-order valence-electron chi connectivity index (χ1n) is 8.10. The summed E-state index contributed by atoms with van der Waals surface area (Å²) in [6, 6.07) is 9.64. The predicted molar refractivity (Wildman–Crippen MR) is 99.8 cm³/mol. The third-order valence-corrected chi connectivity index (χ3v) is 5.50. The molecule has 26 heavy (non-hydrogen) atoms. The Morgan fingerprint density at radius 3 is 2.65 bits per heavy atom. The topological polar surface area (TPSA) is 91.7 Å². The number of piperazine rings is 1. The summed E-state index contributed by atoms with van der Waals surface area (Å²) >= 11 is 0.